The van der Waals surface area contributed by atoms with Crippen LogP contribution in [0.25, 0.3) is 5.69 Å². The van der Waals surface area contributed by atoms with Gasteiger partial charge in [-0.3, -0.25) is 14.8 Å². The van der Waals surface area contributed by atoms with Crippen molar-refractivity contribution in [3.05, 3.63) is 66.4 Å². The van der Waals surface area contributed by atoms with Gasteiger partial charge in [-0.05, 0) is 36.8 Å². The summed E-state index contributed by atoms with van der Waals surface area (Å²) in [7, 11) is 0. The molecule has 3 heterocycles. The largest absolute Gasteiger partial charge is 0.308 e. The molecular formula is C19H15F2N5O. The standard InChI is InChI=1S/C19H15F2N5O/c20-12-8-13(10-22-9-12)26-7-3-15(25-26)24-17(27)19(11-18(19)4-5-18)16-14(21)2-1-6-23-16/h1-3,6-10H,4-5,11H2,(H,24,25,27)/t19-/m1/s1. The molecule has 1 spiro atoms. The molecule has 0 saturated heterocycles. The van der Waals surface area contributed by atoms with E-state index >= 15 is 0 Å². The molecule has 0 radical (unpaired) electrons. The number of nitrogens with zero attached hydrogens (tertiary/aromatic N) is 4. The fourth-order valence-corrected chi connectivity index (χ4v) is 3.96. The van der Waals surface area contributed by atoms with E-state index in [0.717, 1.165) is 19.0 Å². The van der Waals surface area contributed by atoms with Gasteiger partial charge in [-0.15, -0.1) is 0 Å². The maximum absolute atomic E-state index is 14.4. The Morgan fingerprint density at radius 1 is 1.22 bits per heavy atom. The van der Waals surface area contributed by atoms with Crippen molar-refractivity contribution in [1.29, 1.82) is 0 Å². The van der Waals surface area contributed by atoms with E-state index in [-0.39, 0.29) is 17.0 Å². The first-order chi connectivity index (χ1) is 13.0. The second kappa shape index (κ2) is 5.42. The Balaban J connectivity index is 1.43. The lowest BCUT2D eigenvalue weighted by atomic mass is 9.95. The van der Waals surface area contributed by atoms with Crippen LogP contribution in [0.2, 0.25) is 0 Å². The summed E-state index contributed by atoms with van der Waals surface area (Å²) in [5.41, 5.74) is -0.482. The molecule has 136 valence electrons. The van der Waals surface area contributed by atoms with Crippen LogP contribution < -0.4 is 5.32 Å². The highest BCUT2D eigenvalue weighted by Gasteiger charge is 2.79. The summed E-state index contributed by atoms with van der Waals surface area (Å²) in [4.78, 5) is 21.0. The van der Waals surface area contributed by atoms with Crippen LogP contribution in [0.15, 0.2) is 49.1 Å². The number of rotatable bonds is 4. The summed E-state index contributed by atoms with van der Waals surface area (Å²) in [5, 5.41) is 7.03. The minimum Gasteiger partial charge on any atom is -0.308 e. The third-order valence-electron chi connectivity index (χ3n) is 5.57. The Morgan fingerprint density at radius 3 is 2.78 bits per heavy atom. The molecule has 3 aromatic rings. The van der Waals surface area contributed by atoms with Crippen LogP contribution >= 0.6 is 0 Å². The van der Waals surface area contributed by atoms with Crippen molar-refractivity contribution in [3.8, 4) is 5.69 Å². The van der Waals surface area contributed by atoms with E-state index in [4.69, 9.17) is 0 Å². The topological polar surface area (TPSA) is 72.7 Å². The van der Waals surface area contributed by atoms with Crippen LogP contribution in [0.4, 0.5) is 14.6 Å². The molecule has 1 N–H and O–H groups in total. The fraction of sp³-hybridized carbons (Fsp3) is 0.263. The summed E-state index contributed by atoms with van der Waals surface area (Å²) >= 11 is 0. The molecule has 0 bridgehead atoms. The van der Waals surface area contributed by atoms with Gasteiger partial charge in [-0.1, -0.05) is 0 Å². The lowest BCUT2D eigenvalue weighted by Gasteiger charge is -2.16. The van der Waals surface area contributed by atoms with Crippen LogP contribution in [-0.4, -0.2) is 25.7 Å². The molecule has 1 amide bonds. The molecule has 5 rings (SSSR count). The zero-order valence-electron chi connectivity index (χ0n) is 14.2. The first-order valence-corrected chi connectivity index (χ1v) is 8.63. The number of nitrogens with one attached hydrogen (secondary N) is 1. The van der Waals surface area contributed by atoms with Crippen molar-refractivity contribution < 1.29 is 13.6 Å². The van der Waals surface area contributed by atoms with Gasteiger partial charge in [0.1, 0.15) is 17.0 Å². The highest BCUT2D eigenvalue weighted by atomic mass is 19.1. The van der Waals surface area contributed by atoms with Gasteiger partial charge in [0.05, 0.1) is 23.8 Å². The predicted molar refractivity (Wildman–Crippen MR) is 92.1 cm³/mol. The monoisotopic (exact) mass is 367 g/mol. The highest BCUT2D eigenvalue weighted by molar-refractivity contribution is 6.02. The van der Waals surface area contributed by atoms with Crippen molar-refractivity contribution >= 4 is 11.7 Å². The zero-order valence-corrected chi connectivity index (χ0v) is 14.2. The second-order valence-electron chi connectivity index (χ2n) is 7.16. The molecule has 2 saturated carbocycles. The van der Waals surface area contributed by atoms with Gasteiger partial charge in [0, 0.05) is 24.5 Å². The minimum absolute atomic E-state index is 0.179. The zero-order chi connectivity index (χ0) is 18.6. The SMILES string of the molecule is O=C(Nc1ccn(-c2cncc(F)c2)n1)[C@]1(c2ncccc2F)CC12CC2. The van der Waals surface area contributed by atoms with Gasteiger partial charge in [-0.25, -0.2) is 13.5 Å². The quantitative estimate of drug-likeness (QED) is 0.769. The van der Waals surface area contributed by atoms with Crippen LogP contribution in [0.5, 0.6) is 0 Å². The average Bonchev–Trinajstić information content (AvgIpc) is 3.52. The van der Waals surface area contributed by atoms with Gasteiger partial charge < -0.3 is 5.32 Å². The number of carbonyl (C=O) groups is 1. The lowest BCUT2D eigenvalue weighted by molar-refractivity contribution is -0.119. The first-order valence-electron chi connectivity index (χ1n) is 8.63. The van der Waals surface area contributed by atoms with Crippen molar-refractivity contribution in [1.82, 2.24) is 19.7 Å². The molecule has 8 heteroatoms. The Labute approximate surface area is 153 Å². The van der Waals surface area contributed by atoms with Crippen molar-refractivity contribution in [2.24, 2.45) is 5.41 Å². The summed E-state index contributed by atoms with van der Waals surface area (Å²) in [6, 6.07) is 5.74. The maximum atomic E-state index is 14.4. The van der Waals surface area contributed by atoms with E-state index in [1.54, 1.807) is 12.3 Å². The van der Waals surface area contributed by atoms with Crippen molar-refractivity contribution in [2.45, 2.75) is 24.7 Å². The molecule has 2 aliphatic carbocycles. The summed E-state index contributed by atoms with van der Waals surface area (Å²) in [5.74, 6) is -0.942. The molecular weight excluding hydrogens is 352 g/mol. The number of pyridine rings is 2. The van der Waals surface area contributed by atoms with Crippen LogP contribution in [-0.2, 0) is 10.2 Å². The van der Waals surface area contributed by atoms with E-state index in [0.29, 0.717) is 17.9 Å². The first kappa shape index (κ1) is 16.0. The predicted octanol–water partition coefficient (Wildman–Crippen LogP) is 3.00. The van der Waals surface area contributed by atoms with Gasteiger partial charge in [0.15, 0.2) is 5.82 Å². The molecule has 6 nitrogen and oxygen atoms in total. The maximum Gasteiger partial charge on any atom is 0.238 e. The van der Waals surface area contributed by atoms with E-state index < -0.39 is 17.0 Å². The van der Waals surface area contributed by atoms with E-state index in [2.05, 4.69) is 20.4 Å². The van der Waals surface area contributed by atoms with Crippen molar-refractivity contribution in [3.63, 3.8) is 0 Å². The number of carbonyl (C=O) groups excluding carboxylic acids is 1. The molecule has 0 aromatic carbocycles. The summed E-state index contributed by atoms with van der Waals surface area (Å²) < 4.78 is 29.1. The number of halogens is 2. The molecule has 3 aromatic heterocycles. The molecule has 0 aliphatic heterocycles. The lowest BCUT2D eigenvalue weighted by Crippen LogP contribution is -2.32. The Hall–Kier alpha value is -3.16. The highest BCUT2D eigenvalue weighted by Crippen LogP contribution is 2.78. The third-order valence-corrected chi connectivity index (χ3v) is 5.57. The normalized spacial score (nSPS) is 21.9. The molecule has 2 fully saturated rings. The Morgan fingerprint density at radius 2 is 2.07 bits per heavy atom. The van der Waals surface area contributed by atoms with E-state index in [1.165, 1.54) is 35.3 Å². The van der Waals surface area contributed by atoms with Crippen LogP contribution in [0.3, 0.4) is 0 Å². The fourth-order valence-electron chi connectivity index (χ4n) is 3.96. The molecule has 27 heavy (non-hydrogen) atoms. The van der Waals surface area contributed by atoms with Crippen molar-refractivity contribution in [2.75, 3.05) is 5.32 Å². The molecule has 2 aliphatic rings. The van der Waals surface area contributed by atoms with Gasteiger partial charge in [-0.2, -0.15) is 5.10 Å². The minimum atomic E-state index is -0.942. The van der Waals surface area contributed by atoms with Gasteiger partial charge in [0.25, 0.3) is 0 Å². The Bertz CT molecular complexity index is 1060. The van der Waals surface area contributed by atoms with Gasteiger partial charge >= 0.3 is 0 Å². The number of hydrogen-bond donors (Lipinski definition) is 1. The molecule has 1 atom stereocenters. The van der Waals surface area contributed by atoms with E-state index in [9.17, 15) is 13.6 Å². The average molecular weight is 367 g/mol. The Kier molecular flexibility index (Phi) is 3.22. The third kappa shape index (κ3) is 2.36. The number of amides is 1. The number of aromatic nitrogens is 4. The number of anilines is 1. The van der Waals surface area contributed by atoms with Crippen LogP contribution in [0.1, 0.15) is 25.0 Å². The van der Waals surface area contributed by atoms with E-state index in [1.807, 2.05) is 0 Å². The van der Waals surface area contributed by atoms with Crippen LogP contribution in [0, 0.1) is 17.0 Å². The van der Waals surface area contributed by atoms with Gasteiger partial charge in [0.2, 0.25) is 5.91 Å². The summed E-state index contributed by atoms with van der Waals surface area (Å²) in [6.45, 7) is 0. The second-order valence-corrected chi connectivity index (χ2v) is 7.16. The number of hydrogen-bond acceptors (Lipinski definition) is 4. The smallest absolute Gasteiger partial charge is 0.238 e. The molecule has 0 unspecified atom stereocenters. The summed E-state index contributed by atoms with van der Waals surface area (Å²) in [6.07, 6.45) is 8.04.